The molecule has 0 radical (unpaired) electrons. The predicted octanol–water partition coefficient (Wildman–Crippen LogP) is 2.93. The van der Waals surface area contributed by atoms with Crippen LogP contribution >= 0.6 is 11.6 Å². The molecule has 1 saturated heterocycles. The molecule has 3 N–H and O–H groups in total. The fourth-order valence-corrected chi connectivity index (χ4v) is 4.53. The van der Waals surface area contributed by atoms with Crippen LogP contribution in [0.3, 0.4) is 0 Å². The zero-order valence-electron chi connectivity index (χ0n) is 20.7. The van der Waals surface area contributed by atoms with Gasteiger partial charge in [-0.1, -0.05) is 35.9 Å². The number of aliphatic hydroxyl groups is 3. The Balaban J connectivity index is 1.52. The van der Waals surface area contributed by atoms with E-state index in [9.17, 15) is 20.1 Å². The molecule has 37 heavy (non-hydrogen) atoms. The van der Waals surface area contributed by atoms with E-state index in [1.165, 1.54) is 17.1 Å². The molecule has 5 unspecified atom stereocenters. The van der Waals surface area contributed by atoms with E-state index >= 15 is 0 Å². The molecule has 10 heteroatoms. The normalized spacial score (nSPS) is 23.6. The summed E-state index contributed by atoms with van der Waals surface area (Å²) in [6.45, 7) is 4.51. The van der Waals surface area contributed by atoms with Crippen LogP contribution in [0.1, 0.15) is 47.0 Å². The summed E-state index contributed by atoms with van der Waals surface area (Å²) in [5.41, 5.74) is 2.72. The number of benzene rings is 2. The van der Waals surface area contributed by atoms with E-state index in [1.807, 2.05) is 37.3 Å². The monoisotopic (exact) mass is 530 g/mol. The van der Waals surface area contributed by atoms with Gasteiger partial charge in [0.15, 0.2) is 0 Å². The summed E-state index contributed by atoms with van der Waals surface area (Å²) < 4.78 is 18.0. The Morgan fingerprint density at radius 3 is 2.51 bits per heavy atom. The van der Waals surface area contributed by atoms with Gasteiger partial charge >= 0.3 is 5.97 Å². The second-order valence-electron chi connectivity index (χ2n) is 8.84. The zero-order valence-corrected chi connectivity index (χ0v) is 21.4. The lowest BCUT2D eigenvalue weighted by molar-refractivity contribution is -0.228. The van der Waals surface area contributed by atoms with Crippen molar-refractivity contribution in [3.63, 3.8) is 0 Å². The van der Waals surface area contributed by atoms with Crippen LogP contribution in [0.15, 0.2) is 54.9 Å². The Bertz CT molecular complexity index is 1200. The van der Waals surface area contributed by atoms with Crippen molar-refractivity contribution in [1.29, 1.82) is 0 Å². The SMILES string of the molecule is CCOC(=O)c1cnn(CC2OC(c3ccc(Cl)c(Cc4ccc(OCC)cc4)c3)C(O)C(O)C2O)c1. The molecule has 3 aromatic rings. The van der Waals surface area contributed by atoms with E-state index in [2.05, 4.69) is 5.10 Å². The van der Waals surface area contributed by atoms with Gasteiger partial charge in [-0.25, -0.2) is 4.79 Å². The number of carbonyl (C=O) groups is 1. The first-order valence-electron chi connectivity index (χ1n) is 12.2. The summed E-state index contributed by atoms with van der Waals surface area (Å²) in [6.07, 6.45) is -2.60. The Morgan fingerprint density at radius 2 is 1.81 bits per heavy atom. The first-order valence-corrected chi connectivity index (χ1v) is 12.6. The molecule has 1 aliphatic heterocycles. The maximum Gasteiger partial charge on any atom is 0.341 e. The van der Waals surface area contributed by atoms with E-state index in [4.69, 9.17) is 25.8 Å². The molecule has 1 aliphatic rings. The van der Waals surface area contributed by atoms with Gasteiger partial charge in [0.25, 0.3) is 0 Å². The van der Waals surface area contributed by atoms with Crippen molar-refractivity contribution in [2.75, 3.05) is 13.2 Å². The Hall–Kier alpha value is -2.95. The Morgan fingerprint density at radius 1 is 1.05 bits per heavy atom. The maximum absolute atomic E-state index is 11.9. The van der Waals surface area contributed by atoms with E-state index in [-0.39, 0.29) is 18.7 Å². The Labute approximate surface area is 220 Å². The highest BCUT2D eigenvalue weighted by molar-refractivity contribution is 6.31. The fraction of sp³-hybridized carbons (Fsp3) is 0.407. The van der Waals surface area contributed by atoms with Gasteiger partial charge in [0.05, 0.1) is 31.5 Å². The molecule has 5 atom stereocenters. The van der Waals surface area contributed by atoms with Crippen LogP contribution in [0.25, 0.3) is 0 Å². The third kappa shape index (κ3) is 6.31. The summed E-state index contributed by atoms with van der Waals surface area (Å²) in [5.74, 6) is 0.281. The molecule has 4 rings (SSSR count). The number of hydrogen-bond donors (Lipinski definition) is 3. The van der Waals surface area contributed by atoms with E-state index < -0.39 is 36.5 Å². The van der Waals surface area contributed by atoms with E-state index in [0.29, 0.717) is 23.6 Å². The largest absolute Gasteiger partial charge is 0.494 e. The fourth-order valence-electron chi connectivity index (χ4n) is 4.34. The molecular formula is C27H31ClN2O7. The van der Waals surface area contributed by atoms with Gasteiger partial charge in [0.2, 0.25) is 0 Å². The molecule has 2 aromatic carbocycles. The number of carbonyl (C=O) groups excluding carboxylic acids is 1. The van der Waals surface area contributed by atoms with Gasteiger partial charge in [0.1, 0.15) is 36.3 Å². The molecule has 0 bridgehead atoms. The van der Waals surface area contributed by atoms with Crippen LogP contribution in [0, 0.1) is 0 Å². The number of hydrogen-bond acceptors (Lipinski definition) is 8. The first-order chi connectivity index (χ1) is 17.8. The number of aromatic nitrogens is 2. The minimum atomic E-state index is -1.45. The highest BCUT2D eigenvalue weighted by Crippen LogP contribution is 2.35. The average Bonchev–Trinajstić information content (AvgIpc) is 3.36. The second-order valence-corrected chi connectivity index (χ2v) is 9.25. The molecule has 0 amide bonds. The quantitative estimate of drug-likeness (QED) is 0.361. The number of aliphatic hydroxyl groups excluding tert-OH is 3. The standard InChI is InChI=1S/C27H31ClN2O7/c1-3-35-20-8-5-16(6-9-20)11-18-12-17(7-10-21(18)28)26-25(33)24(32)23(31)22(37-26)15-30-14-19(13-29-30)27(34)36-4-2/h5-10,12-14,22-26,31-33H,3-4,11,15H2,1-2H3. The molecule has 1 fully saturated rings. The lowest BCUT2D eigenvalue weighted by Crippen LogP contribution is -2.55. The van der Waals surface area contributed by atoms with Crippen molar-refractivity contribution in [1.82, 2.24) is 9.78 Å². The van der Waals surface area contributed by atoms with Crippen molar-refractivity contribution < 1.29 is 34.3 Å². The lowest BCUT2D eigenvalue weighted by atomic mass is 9.90. The van der Waals surface area contributed by atoms with Crippen molar-refractivity contribution >= 4 is 17.6 Å². The third-order valence-corrected chi connectivity index (χ3v) is 6.62. The van der Waals surface area contributed by atoms with Crippen LogP contribution in [-0.2, 0) is 22.4 Å². The highest BCUT2D eigenvalue weighted by Gasteiger charge is 2.44. The number of esters is 1. The highest BCUT2D eigenvalue weighted by atomic mass is 35.5. The number of rotatable bonds is 9. The van der Waals surface area contributed by atoms with Crippen molar-refractivity contribution in [2.24, 2.45) is 0 Å². The molecule has 198 valence electrons. The van der Waals surface area contributed by atoms with Gasteiger partial charge in [-0.2, -0.15) is 5.10 Å². The molecule has 9 nitrogen and oxygen atoms in total. The van der Waals surface area contributed by atoms with Crippen LogP contribution in [0.5, 0.6) is 5.75 Å². The van der Waals surface area contributed by atoms with Gasteiger partial charge in [-0.15, -0.1) is 0 Å². The summed E-state index contributed by atoms with van der Waals surface area (Å²) in [6, 6.07) is 13.0. The minimum absolute atomic E-state index is 0.0491. The maximum atomic E-state index is 11.9. The lowest BCUT2D eigenvalue weighted by Gasteiger charge is -2.41. The Kier molecular flexibility index (Phi) is 8.83. The summed E-state index contributed by atoms with van der Waals surface area (Å²) in [7, 11) is 0. The molecule has 0 aliphatic carbocycles. The first kappa shape index (κ1) is 27.1. The van der Waals surface area contributed by atoms with Crippen molar-refractivity contribution in [3.05, 3.63) is 82.1 Å². The van der Waals surface area contributed by atoms with Crippen molar-refractivity contribution in [3.8, 4) is 5.75 Å². The summed E-state index contributed by atoms with van der Waals surface area (Å²) in [5, 5.41) is 36.6. The van der Waals surface area contributed by atoms with Gasteiger partial charge in [-0.3, -0.25) is 4.68 Å². The molecule has 1 aromatic heterocycles. The van der Waals surface area contributed by atoms with Crippen LogP contribution < -0.4 is 4.74 Å². The van der Waals surface area contributed by atoms with Crippen LogP contribution in [-0.4, -0.2) is 68.7 Å². The minimum Gasteiger partial charge on any atom is -0.494 e. The van der Waals surface area contributed by atoms with Gasteiger partial charge in [0, 0.05) is 11.2 Å². The van der Waals surface area contributed by atoms with Crippen LogP contribution in [0.4, 0.5) is 0 Å². The third-order valence-electron chi connectivity index (χ3n) is 6.25. The number of halogens is 1. The number of ether oxygens (including phenoxy) is 3. The summed E-state index contributed by atoms with van der Waals surface area (Å²) >= 11 is 6.47. The molecular weight excluding hydrogens is 500 g/mol. The smallest absolute Gasteiger partial charge is 0.341 e. The van der Waals surface area contributed by atoms with Crippen molar-refractivity contribution in [2.45, 2.75) is 57.3 Å². The second kappa shape index (κ2) is 12.1. The molecule has 2 heterocycles. The predicted molar refractivity (Wildman–Crippen MR) is 136 cm³/mol. The molecule has 0 saturated carbocycles. The van der Waals surface area contributed by atoms with E-state index in [0.717, 1.165) is 16.9 Å². The summed E-state index contributed by atoms with van der Waals surface area (Å²) in [4.78, 5) is 11.9. The average molecular weight is 531 g/mol. The molecule has 0 spiro atoms. The number of nitrogens with zero attached hydrogens (tertiary/aromatic N) is 2. The van der Waals surface area contributed by atoms with Gasteiger partial charge < -0.3 is 29.5 Å². The topological polar surface area (TPSA) is 123 Å². The van der Waals surface area contributed by atoms with E-state index in [1.54, 1.807) is 19.1 Å². The van der Waals surface area contributed by atoms with Crippen LogP contribution in [0.2, 0.25) is 5.02 Å². The van der Waals surface area contributed by atoms with Gasteiger partial charge in [-0.05, 0) is 55.2 Å². The zero-order chi connectivity index (χ0) is 26.5.